The minimum Gasteiger partial charge on any atom is -0.351 e. The van der Waals surface area contributed by atoms with Gasteiger partial charge in [0.2, 0.25) is 5.91 Å². The predicted octanol–water partition coefficient (Wildman–Crippen LogP) is 1.29. The van der Waals surface area contributed by atoms with Crippen LogP contribution in [0.5, 0.6) is 0 Å². The summed E-state index contributed by atoms with van der Waals surface area (Å²) in [5, 5.41) is 6.48. The van der Waals surface area contributed by atoms with Crippen molar-refractivity contribution in [3.05, 3.63) is 34.9 Å². The first-order chi connectivity index (χ1) is 9.87. The summed E-state index contributed by atoms with van der Waals surface area (Å²) in [5.74, 6) is -0.00349. The maximum Gasteiger partial charge on any atom is 0.234 e. The molecule has 0 aromatic heterocycles. The largest absolute Gasteiger partial charge is 0.351 e. The first kappa shape index (κ1) is 16.3. The molecule has 0 radical (unpaired) electrons. The van der Waals surface area contributed by atoms with Gasteiger partial charge in [-0.3, -0.25) is 4.79 Å². The molecule has 1 aromatic rings. The Morgan fingerprint density at radius 1 is 1.43 bits per heavy atom. The molecule has 7 heteroatoms. The lowest BCUT2D eigenvalue weighted by Gasteiger charge is -2.16. The van der Waals surface area contributed by atoms with Crippen LogP contribution >= 0.6 is 11.6 Å². The SMILES string of the molecule is C[C@@H](NCC(=O)N[C@@H]1CCS(=O)(=O)C1)c1ccccc1Cl. The highest BCUT2D eigenvalue weighted by atomic mass is 35.5. The minimum absolute atomic E-state index is 0.0405. The number of rotatable bonds is 5. The Labute approximate surface area is 130 Å². The van der Waals surface area contributed by atoms with Gasteiger partial charge in [0.15, 0.2) is 9.84 Å². The molecule has 0 spiro atoms. The molecule has 116 valence electrons. The van der Waals surface area contributed by atoms with E-state index in [2.05, 4.69) is 10.6 Å². The van der Waals surface area contributed by atoms with Crippen molar-refractivity contribution in [2.75, 3.05) is 18.1 Å². The zero-order valence-electron chi connectivity index (χ0n) is 11.8. The third kappa shape index (κ3) is 4.69. The molecule has 1 saturated heterocycles. The summed E-state index contributed by atoms with van der Waals surface area (Å²) in [4.78, 5) is 11.8. The Hall–Kier alpha value is -1.11. The van der Waals surface area contributed by atoms with Crippen LogP contribution in [0, 0.1) is 0 Å². The topological polar surface area (TPSA) is 75.3 Å². The second-order valence-corrected chi connectivity index (χ2v) is 7.93. The number of halogens is 1. The summed E-state index contributed by atoms with van der Waals surface area (Å²) in [6, 6.07) is 7.13. The first-order valence-corrected chi connectivity index (χ1v) is 9.05. The van der Waals surface area contributed by atoms with Crippen LogP contribution in [0.2, 0.25) is 5.02 Å². The van der Waals surface area contributed by atoms with Crippen molar-refractivity contribution < 1.29 is 13.2 Å². The molecule has 0 unspecified atom stereocenters. The van der Waals surface area contributed by atoms with Crippen LogP contribution in [-0.4, -0.2) is 38.4 Å². The monoisotopic (exact) mass is 330 g/mol. The van der Waals surface area contributed by atoms with Gasteiger partial charge in [0.25, 0.3) is 0 Å². The third-order valence-corrected chi connectivity index (χ3v) is 5.65. The van der Waals surface area contributed by atoms with Gasteiger partial charge < -0.3 is 10.6 Å². The Bertz CT molecular complexity index is 618. The van der Waals surface area contributed by atoms with Crippen molar-refractivity contribution in [1.82, 2.24) is 10.6 Å². The van der Waals surface area contributed by atoms with Crippen LogP contribution in [0.1, 0.15) is 24.9 Å². The van der Waals surface area contributed by atoms with Gasteiger partial charge in [0.1, 0.15) is 0 Å². The van der Waals surface area contributed by atoms with E-state index in [1.165, 1.54) is 0 Å². The van der Waals surface area contributed by atoms with Crippen LogP contribution in [0.3, 0.4) is 0 Å². The van der Waals surface area contributed by atoms with Gasteiger partial charge in [-0.2, -0.15) is 0 Å². The summed E-state index contributed by atoms with van der Waals surface area (Å²) in [6.45, 7) is 2.05. The second kappa shape index (κ2) is 6.77. The maximum absolute atomic E-state index is 11.8. The molecule has 2 atom stereocenters. The highest BCUT2D eigenvalue weighted by Gasteiger charge is 2.28. The average molecular weight is 331 g/mol. The number of benzene rings is 1. The van der Waals surface area contributed by atoms with E-state index in [1.807, 2.05) is 25.1 Å². The highest BCUT2D eigenvalue weighted by molar-refractivity contribution is 7.91. The van der Waals surface area contributed by atoms with Gasteiger partial charge in [0, 0.05) is 17.1 Å². The molecule has 1 amide bonds. The highest BCUT2D eigenvalue weighted by Crippen LogP contribution is 2.21. The fourth-order valence-electron chi connectivity index (χ4n) is 2.37. The summed E-state index contributed by atoms with van der Waals surface area (Å²) >= 11 is 6.10. The summed E-state index contributed by atoms with van der Waals surface area (Å²) in [6.07, 6.45) is 0.494. The van der Waals surface area contributed by atoms with E-state index in [1.54, 1.807) is 6.07 Å². The quantitative estimate of drug-likeness (QED) is 0.853. The summed E-state index contributed by atoms with van der Waals surface area (Å²) in [5.41, 5.74) is 0.926. The molecule has 2 N–H and O–H groups in total. The fourth-order valence-corrected chi connectivity index (χ4v) is 4.34. The van der Waals surface area contributed by atoms with E-state index in [0.717, 1.165) is 5.56 Å². The van der Waals surface area contributed by atoms with Gasteiger partial charge >= 0.3 is 0 Å². The Balaban J connectivity index is 1.80. The Morgan fingerprint density at radius 3 is 2.76 bits per heavy atom. The van der Waals surface area contributed by atoms with E-state index in [4.69, 9.17) is 11.6 Å². The zero-order valence-corrected chi connectivity index (χ0v) is 13.4. The van der Waals surface area contributed by atoms with Gasteiger partial charge in [-0.15, -0.1) is 0 Å². The van der Waals surface area contributed by atoms with Crippen LogP contribution in [0.25, 0.3) is 0 Å². The average Bonchev–Trinajstić information content (AvgIpc) is 2.75. The first-order valence-electron chi connectivity index (χ1n) is 6.85. The van der Waals surface area contributed by atoms with Gasteiger partial charge in [-0.05, 0) is 25.0 Å². The second-order valence-electron chi connectivity index (χ2n) is 5.29. The minimum atomic E-state index is -2.97. The van der Waals surface area contributed by atoms with Crippen LogP contribution in [0.4, 0.5) is 0 Å². The lowest BCUT2D eigenvalue weighted by atomic mass is 10.1. The van der Waals surface area contributed by atoms with Crippen molar-refractivity contribution in [3.63, 3.8) is 0 Å². The number of hydrogen-bond acceptors (Lipinski definition) is 4. The number of carbonyl (C=O) groups is 1. The molecule has 5 nitrogen and oxygen atoms in total. The van der Waals surface area contributed by atoms with E-state index in [-0.39, 0.29) is 36.0 Å². The number of hydrogen-bond donors (Lipinski definition) is 2. The molecule has 1 aliphatic heterocycles. The standard InChI is InChI=1S/C14H19ClN2O3S/c1-10(12-4-2-3-5-13(12)15)16-8-14(18)17-11-6-7-21(19,20)9-11/h2-5,10-11,16H,6-9H2,1H3,(H,17,18)/t10-,11-/m1/s1. The van der Waals surface area contributed by atoms with Gasteiger partial charge in [-0.25, -0.2) is 8.42 Å². The number of nitrogens with one attached hydrogen (secondary N) is 2. The van der Waals surface area contributed by atoms with Gasteiger partial charge in [0.05, 0.1) is 18.1 Å². The molecule has 1 heterocycles. The zero-order chi connectivity index (χ0) is 15.5. The summed E-state index contributed by atoms with van der Waals surface area (Å²) in [7, 11) is -2.97. The normalized spacial score (nSPS) is 21.9. The summed E-state index contributed by atoms with van der Waals surface area (Å²) < 4.78 is 22.7. The number of amides is 1. The fraction of sp³-hybridized carbons (Fsp3) is 0.500. The molecule has 2 rings (SSSR count). The molecule has 0 bridgehead atoms. The Kier molecular flexibility index (Phi) is 5.24. The number of carbonyl (C=O) groups excluding carboxylic acids is 1. The van der Waals surface area contributed by atoms with E-state index >= 15 is 0 Å². The molecular formula is C14H19ClN2O3S. The molecule has 1 aliphatic rings. The predicted molar refractivity (Wildman–Crippen MR) is 83.1 cm³/mol. The molecule has 21 heavy (non-hydrogen) atoms. The molecule has 1 fully saturated rings. The molecule has 1 aromatic carbocycles. The van der Waals surface area contributed by atoms with Crippen molar-refractivity contribution >= 4 is 27.3 Å². The van der Waals surface area contributed by atoms with Crippen molar-refractivity contribution in [2.45, 2.75) is 25.4 Å². The van der Waals surface area contributed by atoms with Crippen LogP contribution in [-0.2, 0) is 14.6 Å². The van der Waals surface area contributed by atoms with Crippen molar-refractivity contribution in [3.8, 4) is 0 Å². The Morgan fingerprint density at radius 2 is 2.14 bits per heavy atom. The molecular weight excluding hydrogens is 312 g/mol. The van der Waals surface area contributed by atoms with E-state index < -0.39 is 9.84 Å². The third-order valence-electron chi connectivity index (χ3n) is 3.54. The van der Waals surface area contributed by atoms with Crippen LogP contribution in [0.15, 0.2) is 24.3 Å². The molecule has 0 aliphatic carbocycles. The van der Waals surface area contributed by atoms with Crippen molar-refractivity contribution in [2.24, 2.45) is 0 Å². The van der Waals surface area contributed by atoms with E-state index in [0.29, 0.717) is 11.4 Å². The lowest BCUT2D eigenvalue weighted by molar-refractivity contribution is -0.120. The lowest BCUT2D eigenvalue weighted by Crippen LogP contribution is -2.41. The smallest absolute Gasteiger partial charge is 0.234 e. The maximum atomic E-state index is 11.8. The van der Waals surface area contributed by atoms with Gasteiger partial charge in [-0.1, -0.05) is 29.8 Å². The van der Waals surface area contributed by atoms with E-state index in [9.17, 15) is 13.2 Å². The van der Waals surface area contributed by atoms with Crippen molar-refractivity contribution in [1.29, 1.82) is 0 Å². The molecule has 0 saturated carbocycles. The van der Waals surface area contributed by atoms with Crippen LogP contribution < -0.4 is 10.6 Å². The number of sulfone groups is 1.